The van der Waals surface area contributed by atoms with Crippen LogP contribution >= 0.6 is 22.9 Å². The maximum atomic E-state index is 12.7. The van der Waals surface area contributed by atoms with Crippen molar-refractivity contribution in [2.75, 3.05) is 6.26 Å². The number of fused-ring (bicyclic) bond motifs is 1. The van der Waals surface area contributed by atoms with Crippen LogP contribution in [0.2, 0.25) is 5.02 Å². The number of carbonyl (C=O) groups is 1. The molecule has 3 rings (SSSR count). The molecule has 1 heterocycles. The minimum absolute atomic E-state index is 0.0212. The van der Waals surface area contributed by atoms with E-state index in [1.165, 1.54) is 23.5 Å². The highest BCUT2D eigenvalue weighted by molar-refractivity contribution is 7.90. The third-order valence-corrected chi connectivity index (χ3v) is 6.70. The zero-order chi connectivity index (χ0) is 19.1. The number of carbonyl (C=O) groups excluding carboxylic acids is 1. The van der Waals surface area contributed by atoms with Crippen molar-refractivity contribution in [1.29, 1.82) is 0 Å². The first-order valence-corrected chi connectivity index (χ1v) is 11.0. The largest absolute Gasteiger partial charge is 0.316 e. The van der Waals surface area contributed by atoms with Crippen molar-refractivity contribution in [1.82, 2.24) is 4.57 Å². The first-order chi connectivity index (χ1) is 12.2. The first kappa shape index (κ1) is 18.8. The number of amides is 1. The van der Waals surface area contributed by atoms with Gasteiger partial charge in [-0.3, -0.25) is 4.79 Å². The van der Waals surface area contributed by atoms with E-state index >= 15 is 0 Å². The fourth-order valence-electron chi connectivity index (χ4n) is 2.81. The Morgan fingerprint density at radius 2 is 1.92 bits per heavy atom. The lowest BCUT2D eigenvalue weighted by molar-refractivity contribution is 0.0994. The molecule has 0 atom stereocenters. The number of rotatable bonds is 3. The van der Waals surface area contributed by atoms with E-state index in [1.54, 1.807) is 12.1 Å². The predicted octanol–water partition coefficient (Wildman–Crippen LogP) is 3.83. The SMILES string of the molecule is CCn1c(=NC(=O)c2ccccc2S(C)(=O)=O)sc2c(Cl)ccc(C)c21. The molecule has 26 heavy (non-hydrogen) atoms. The monoisotopic (exact) mass is 408 g/mol. The van der Waals surface area contributed by atoms with Crippen molar-refractivity contribution in [2.45, 2.75) is 25.3 Å². The van der Waals surface area contributed by atoms with Crippen molar-refractivity contribution in [3.05, 3.63) is 57.3 Å². The standard InChI is InChI=1S/C18H17ClN2O3S2/c1-4-21-15-11(2)9-10-13(19)16(15)25-18(21)20-17(22)12-7-5-6-8-14(12)26(3,23)24/h5-10H,4H2,1-3H3. The Hall–Kier alpha value is -1.96. The molecule has 136 valence electrons. The number of benzene rings is 2. The molecule has 2 aromatic carbocycles. The summed E-state index contributed by atoms with van der Waals surface area (Å²) in [4.78, 5) is 17.4. The van der Waals surface area contributed by atoms with E-state index in [0.29, 0.717) is 16.4 Å². The summed E-state index contributed by atoms with van der Waals surface area (Å²) in [5.41, 5.74) is 2.04. The highest BCUT2D eigenvalue weighted by Gasteiger charge is 2.18. The third-order valence-electron chi connectivity index (χ3n) is 4.01. The van der Waals surface area contributed by atoms with Crippen molar-refractivity contribution in [2.24, 2.45) is 4.99 Å². The Labute approximate surface area is 160 Å². The third kappa shape index (κ3) is 3.34. The molecule has 8 heteroatoms. The molecule has 0 N–H and O–H groups in total. The van der Waals surface area contributed by atoms with Crippen molar-refractivity contribution in [3.63, 3.8) is 0 Å². The maximum Gasteiger partial charge on any atom is 0.280 e. The molecule has 0 radical (unpaired) electrons. The van der Waals surface area contributed by atoms with Crippen LogP contribution in [0.1, 0.15) is 22.8 Å². The van der Waals surface area contributed by atoms with Crippen LogP contribution in [-0.4, -0.2) is 25.1 Å². The molecular formula is C18H17ClN2O3S2. The van der Waals surface area contributed by atoms with Gasteiger partial charge in [-0.15, -0.1) is 0 Å². The van der Waals surface area contributed by atoms with E-state index in [-0.39, 0.29) is 10.5 Å². The van der Waals surface area contributed by atoms with Crippen LogP contribution in [0.15, 0.2) is 46.3 Å². The number of halogens is 1. The lowest BCUT2D eigenvalue weighted by atomic mass is 10.2. The fraction of sp³-hybridized carbons (Fsp3) is 0.222. The van der Waals surface area contributed by atoms with Crippen LogP contribution in [0.4, 0.5) is 0 Å². The summed E-state index contributed by atoms with van der Waals surface area (Å²) in [5.74, 6) is -0.589. The quantitative estimate of drug-likeness (QED) is 0.661. The van der Waals surface area contributed by atoms with Crippen molar-refractivity contribution >= 4 is 48.9 Å². The number of aromatic nitrogens is 1. The maximum absolute atomic E-state index is 12.7. The van der Waals surface area contributed by atoms with Gasteiger partial charge < -0.3 is 4.57 Å². The van der Waals surface area contributed by atoms with E-state index in [4.69, 9.17) is 11.6 Å². The number of hydrogen-bond donors (Lipinski definition) is 0. The van der Waals surface area contributed by atoms with Gasteiger partial charge in [-0.1, -0.05) is 41.1 Å². The summed E-state index contributed by atoms with van der Waals surface area (Å²) in [6.45, 7) is 4.55. The van der Waals surface area contributed by atoms with E-state index in [0.717, 1.165) is 22.0 Å². The molecule has 3 aromatic rings. The van der Waals surface area contributed by atoms with Gasteiger partial charge in [-0.25, -0.2) is 8.42 Å². The van der Waals surface area contributed by atoms with Crippen LogP contribution in [-0.2, 0) is 16.4 Å². The zero-order valence-electron chi connectivity index (χ0n) is 14.5. The predicted molar refractivity (Wildman–Crippen MR) is 105 cm³/mol. The van der Waals surface area contributed by atoms with Crippen LogP contribution in [0.25, 0.3) is 10.2 Å². The summed E-state index contributed by atoms with van der Waals surface area (Å²) in [6.07, 6.45) is 1.08. The normalized spacial score (nSPS) is 12.7. The lowest BCUT2D eigenvalue weighted by Gasteiger charge is -2.05. The number of aryl methyl sites for hydroxylation is 2. The van der Waals surface area contributed by atoms with Crippen molar-refractivity contribution in [3.8, 4) is 0 Å². The minimum Gasteiger partial charge on any atom is -0.316 e. The molecule has 0 aliphatic carbocycles. The molecule has 0 saturated carbocycles. The Balaban J connectivity index is 2.26. The van der Waals surface area contributed by atoms with Crippen LogP contribution < -0.4 is 4.80 Å². The molecule has 0 bridgehead atoms. The highest BCUT2D eigenvalue weighted by Crippen LogP contribution is 2.29. The van der Waals surface area contributed by atoms with Crippen LogP contribution in [0.3, 0.4) is 0 Å². The Kier molecular flexibility index (Phi) is 5.05. The average Bonchev–Trinajstić information content (AvgIpc) is 2.97. The summed E-state index contributed by atoms with van der Waals surface area (Å²) >= 11 is 7.62. The summed E-state index contributed by atoms with van der Waals surface area (Å²) in [6, 6.07) is 9.84. The van der Waals surface area contributed by atoms with Gasteiger partial charge in [0.05, 0.1) is 25.7 Å². The van der Waals surface area contributed by atoms with E-state index < -0.39 is 15.7 Å². The van der Waals surface area contributed by atoms with Gasteiger partial charge >= 0.3 is 0 Å². The lowest BCUT2D eigenvalue weighted by Crippen LogP contribution is -2.17. The molecule has 1 aromatic heterocycles. The smallest absolute Gasteiger partial charge is 0.280 e. The molecule has 0 spiro atoms. The first-order valence-electron chi connectivity index (χ1n) is 7.90. The van der Waals surface area contributed by atoms with Crippen LogP contribution in [0.5, 0.6) is 0 Å². The molecule has 0 aliphatic rings. The van der Waals surface area contributed by atoms with E-state index in [1.807, 2.05) is 30.5 Å². The molecule has 0 fully saturated rings. The van der Waals surface area contributed by atoms with Crippen molar-refractivity contribution < 1.29 is 13.2 Å². The molecule has 0 aliphatic heterocycles. The number of sulfone groups is 1. The molecule has 1 amide bonds. The van der Waals surface area contributed by atoms with Gasteiger partial charge in [0.2, 0.25) is 0 Å². The average molecular weight is 409 g/mol. The number of thiazole rings is 1. The topological polar surface area (TPSA) is 68.5 Å². The Morgan fingerprint density at radius 1 is 1.23 bits per heavy atom. The summed E-state index contributed by atoms with van der Waals surface area (Å²) in [5, 5.41) is 0.600. The van der Waals surface area contributed by atoms with Gasteiger partial charge in [0.15, 0.2) is 14.6 Å². The Bertz CT molecular complexity index is 1190. The van der Waals surface area contributed by atoms with E-state index in [2.05, 4.69) is 4.99 Å². The molecule has 0 unspecified atom stereocenters. The Morgan fingerprint density at radius 3 is 2.58 bits per heavy atom. The fourth-order valence-corrected chi connectivity index (χ4v) is 5.13. The van der Waals surface area contributed by atoms with Crippen LogP contribution in [0, 0.1) is 6.92 Å². The van der Waals surface area contributed by atoms with E-state index in [9.17, 15) is 13.2 Å². The molecule has 5 nitrogen and oxygen atoms in total. The van der Waals surface area contributed by atoms with Gasteiger partial charge in [-0.2, -0.15) is 4.99 Å². The number of nitrogens with zero attached hydrogens (tertiary/aromatic N) is 2. The zero-order valence-corrected chi connectivity index (χ0v) is 16.9. The van der Waals surface area contributed by atoms with Gasteiger partial charge in [-0.05, 0) is 37.6 Å². The number of hydrogen-bond acceptors (Lipinski definition) is 4. The highest BCUT2D eigenvalue weighted by atomic mass is 35.5. The minimum atomic E-state index is -3.53. The summed E-state index contributed by atoms with van der Waals surface area (Å²) in [7, 11) is -3.53. The van der Waals surface area contributed by atoms with Gasteiger partial charge in [0.1, 0.15) is 0 Å². The molecular weight excluding hydrogens is 392 g/mol. The molecule has 0 saturated heterocycles. The summed E-state index contributed by atoms with van der Waals surface area (Å²) < 4.78 is 26.7. The van der Waals surface area contributed by atoms with Gasteiger partial charge in [0, 0.05) is 12.8 Å². The second-order valence-corrected chi connectivity index (χ2v) is 9.23. The second-order valence-electron chi connectivity index (χ2n) is 5.86. The van der Waals surface area contributed by atoms with Gasteiger partial charge in [0.25, 0.3) is 5.91 Å². The second kappa shape index (κ2) is 6.98.